The Labute approximate surface area is 101 Å². The third-order valence-electron chi connectivity index (χ3n) is 4.44. The van der Waals surface area contributed by atoms with Gasteiger partial charge in [0, 0.05) is 19.8 Å². The van der Waals surface area contributed by atoms with Crippen molar-refractivity contribution < 1.29 is 4.74 Å². The van der Waals surface area contributed by atoms with Crippen molar-refractivity contribution >= 4 is 0 Å². The molecule has 1 aliphatic rings. The summed E-state index contributed by atoms with van der Waals surface area (Å²) in [7, 11) is 3.90. The molecule has 1 rings (SSSR count). The zero-order valence-corrected chi connectivity index (χ0v) is 11.5. The van der Waals surface area contributed by atoms with Gasteiger partial charge in [-0.15, -0.1) is 0 Å². The van der Waals surface area contributed by atoms with Crippen LogP contribution in [0.1, 0.15) is 46.0 Å². The number of hydrogen-bond acceptors (Lipinski definition) is 2. The Morgan fingerprint density at radius 1 is 1.25 bits per heavy atom. The van der Waals surface area contributed by atoms with Crippen LogP contribution in [0.4, 0.5) is 0 Å². The fourth-order valence-corrected chi connectivity index (χ4v) is 3.02. The van der Waals surface area contributed by atoms with E-state index in [1.54, 1.807) is 7.11 Å². The fourth-order valence-electron chi connectivity index (χ4n) is 3.02. The number of ether oxygens (including phenoxy) is 1. The zero-order valence-electron chi connectivity index (χ0n) is 11.5. The summed E-state index contributed by atoms with van der Waals surface area (Å²) >= 11 is 0. The molecule has 0 aliphatic heterocycles. The van der Waals surface area contributed by atoms with Gasteiger partial charge < -0.3 is 10.1 Å². The van der Waals surface area contributed by atoms with Crippen molar-refractivity contribution in [3.63, 3.8) is 0 Å². The Morgan fingerprint density at radius 2 is 2.00 bits per heavy atom. The molecule has 0 aromatic heterocycles. The van der Waals surface area contributed by atoms with Crippen molar-refractivity contribution in [2.45, 2.75) is 52.0 Å². The molecule has 0 radical (unpaired) electrons. The van der Waals surface area contributed by atoms with Gasteiger partial charge in [-0.05, 0) is 50.5 Å². The number of rotatable bonds is 6. The van der Waals surface area contributed by atoms with Gasteiger partial charge in [0.05, 0.1) is 0 Å². The molecule has 0 saturated heterocycles. The van der Waals surface area contributed by atoms with E-state index in [0.717, 1.165) is 24.4 Å². The van der Waals surface area contributed by atoms with Crippen LogP contribution in [0.3, 0.4) is 0 Å². The van der Waals surface area contributed by atoms with Crippen LogP contribution in [-0.2, 0) is 4.74 Å². The number of nitrogens with one attached hydrogen (secondary N) is 1. The molecule has 1 aliphatic carbocycles. The third-order valence-corrected chi connectivity index (χ3v) is 4.44. The van der Waals surface area contributed by atoms with Crippen molar-refractivity contribution in [3.8, 4) is 0 Å². The van der Waals surface area contributed by atoms with Crippen molar-refractivity contribution in [1.29, 1.82) is 0 Å². The van der Waals surface area contributed by atoms with Gasteiger partial charge in [0.1, 0.15) is 0 Å². The van der Waals surface area contributed by atoms with Crippen LogP contribution < -0.4 is 5.32 Å². The second-order valence-electron chi connectivity index (χ2n) is 5.56. The summed E-state index contributed by atoms with van der Waals surface area (Å²) in [6.45, 7) is 5.72. The number of hydrogen-bond donors (Lipinski definition) is 1. The molecule has 16 heavy (non-hydrogen) atoms. The van der Waals surface area contributed by atoms with Crippen LogP contribution in [0.5, 0.6) is 0 Å². The first-order valence-electron chi connectivity index (χ1n) is 6.85. The highest BCUT2D eigenvalue weighted by Gasteiger charge is 2.28. The highest BCUT2D eigenvalue weighted by molar-refractivity contribution is 4.83. The summed E-state index contributed by atoms with van der Waals surface area (Å²) < 4.78 is 5.13. The van der Waals surface area contributed by atoms with Crippen molar-refractivity contribution in [1.82, 2.24) is 5.32 Å². The predicted octanol–water partition coefficient (Wildman–Crippen LogP) is 3.07. The van der Waals surface area contributed by atoms with E-state index >= 15 is 0 Å². The maximum Gasteiger partial charge on any atom is 0.0462 e. The quantitative estimate of drug-likeness (QED) is 0.704. The third kappa shape index (κ3) is 4.06. The molecule has 0 aromatic carbocycles. The maximum absolute atomic E-state index is 5.13. The summed E-state index contributed by atoms with van der Waals surface area (Å²) in [6.07, 6.45) is 6.66. The van der Waals surface area contributed by atoms with Gasteiger partial charge in [-0.3, -0.25) is 0 Å². The first-order chi connectivity index (χ1) is 7.69. The molecular weight excluding hydrogens is 198 g/mol. The highest BCUT2D eigenvalue weighted by Crippen LogP contribution is 2.35. The Bertz CT molecular complexity index is 184. The SMILES string of the molecule is CNC(CCCOC)C1CCC(C)C(C)C1. The topological polar surface area (TPSA) is 21.3 Å². The van der Waals surface area contributed by atoms with E-state index in [2.05, 4.69) is 26.2 Å². The molecule has 0 spiro atoms. The Balaban J connectivity index is 2.34. The van der Waals surface area contributed by atoms with Crippen LogP contribution >= 0.6 is 0 Å². The van der Waals surface area contributed by atoms with E-state index in [1.807, 2.05) is 0 Å². The minimum Gasteiger partial charge on any atom is -0.385 e. The Morgan fingerprint density at radius 3 is 2.56 bits per heavy atom. The average Bonchev–Trinajstić information content (AvgIpc) is 2.29. The van der Waals surface area contributed by atoms with Crippen molar-refractivity contribution in [2.75, 3.05) is 20.8 Å². The highest BCUT2D eigenvalue weighted by atomic mass is 16.5. The normalized spacial score (nSPS) is 32.6. The molecule has 0 aromatic rings. The monoisotopic (exact) mass is 227 g/mol. The van der Waals surface area contributed by atoms with Gasteiger partial charge in [-0.1, -0.05) is 20.3 Å². The van der Waals surface area contributed by atoms with Gasteiger partial charge in [0.15, 0.2) is 0 Å². The lowest BCUT2D eigenvalue weighted by atomic mass is 9.72. The smallest absolute Gasteiger partial charge is 0.0462 e. The average molecular weight is 227 g/mol. The van der Waals surface area contributed by atoms with Crippen LogP contribution in [0.2, 0.25) is 0 Å². The molecule has 0 heterocycles. The molecule has 0 bridgehead atoms. The summed E-state index contributed by atoms with van der Waals surface area (Å²) in [5, 5.41) is 3.51. The van der Waals surface area contributed by atoms with Gasteiger partial charge in [-0.2, -0.15) is 0 Å². The fraction of sp³-hybridized carbons (Fsp3) is 1.00. The van der Waals surface area contributed by atoms with Crippen LogP contribution in [0, 0.1) is 17.8 Å². The molecule has 4 atom stereocenters. The van der Waals surface area contributed by atoms with Crippen molar-refractivity contribution in [3.05, 3.63) is 0 Å². The molecule has 2 nitrogen and oxygen atoms in total. The van der Waals surface area contributed by atoms with Crippen LogP contribution in [0.15, 0.2) is 0 Å². The van der Waals surface area contributed by atoms with Crippen LogP contribution in [-0.4, -0.2) is 26.8 Å². The summed E-state index contributed by atoms with van der Waals surface area (Å²) in [4.78, 5) is 0. The lowest BCUT2D eigenvalue weighted by Gasteiger charge is -2.36. The minimum atomic E-state index is 0.699. The number of methoxy groups -OCH3 is 1. The van der Waals surface area contributed by atoms with E-state index in [9.17, 15) is 0 Å². The first-order valence-corrected chi connectivity index (χ1v) is 6.85. The lowest BCUT2D eigenvalue weighted by Crippen LogP contribution is -2.37. The molecule has 1 N–H and O–H groups in total. The van der Waals surface area contributed by atoms with E-state index in [4.69, 9.17) is 4.74 Å². The molecule has 1 fully saturated rings. The predicted molar refractivity (Wildman–Crippen MR) is 69.6 cm³/mol. The van der Waals surface area contributed by atoms with Gasteiger partial charge >= 0.3 is 0 Å². The summed E-state index contributed by atoms with van der Waals surface area (Å²) in [5.41, 5.74) is 0. The largest absolute Gasteiger partial charge is 0.385 e. The Hall–Kier alpha value is -0.0800. The van der Waals surface area contributed by atoms with Gasteiger partial charge in [-0.25, -0.2) is 0 Å². The van der Waals surface area contributed by atoms with Gasteiger partial charge in [0.2, 0.25) is 0 Å². The molecule has 0 amide bonds. The van der Waals surface area contributed by atoms with E-state index in [1.165, 1.54) is 32.1 Å². The van der Waals surface area contributed by atoms with Crippen molar-refractivity contribution in [2.24, 2.45) is 17.8 Å². The Kier molecular flexibility index (Phi) is 6.37. The summed E-state index contributed by atoms with van der Waals surface area (Å²) in [6, 6.07) is 0.699. The zero-order chi connectivity index (χ0) is 12.0. The standard InChI is InChI=1S/C14H29NO/c1-11-7-8-13(10-12(11)2)14(15-3)6-5-9-16-4/h11-15H,5-10H2,1-4H3. The molecule has 96 valence electrons. The summed E-state index contributed by atoms with van der Waals surface area (Å²) in [5.74, 6) is 2.71. The van der Waals surface area contributed by atoms with Crippen LogP contribution in [0.25, 0.3) is 0 Å². The molecule has 1 saturated carbocycles. The maximum atomic E-state index is 5.13. The molecule has 4 unspecified atom stereocenters. The van der Waals surface area contributed by atoms with Gasteiger partial charge in [0.25, 0.3) is 0 Å². The minimum absolute atomic E-state index is 0.699. The second kappa shape index (κ2) is 7.29. The molecule has 2 heteroatoms. The van der Waals surface area contributed by atoms with E-state index in [-0.39, 0.29) is 0 Å². The first kappa shape index (κ1) is 14.0. The second-order valence-corrected chi connectivity index (χ2v) is 5.56. The van der Waals surface area contributed by atoms with E-state index in [0.29, 0.717) is 6.04 Å². The van der Waals surface area contributed by atoms with E-state index < -0.39 is 0 Å². The lowest BCUT2D eigenvalue weighted by molar-refractivity contribution is 0.152. The molecular formula is C14H29NO.